The van der Waals surface area contributed by atoms with Crippen molar-refractivity contribution >= 4 is 18.0 Å². The summed E-state index contributed by atoms with van der Waals surface area (Å²) in [5.41, 5.74) is -0.519. The maximum Gasteiger partial charge on any atom is 0.407 e. The van der Waals surface area contributed by atoms with Gasteiger partial charge in [-0.1, -0.05) is 19.3 Å². The first kappa shape index (κ1) is 22.2. The van der Waals surface area contributed by atoms with Crippen LogP contribution in [0.15, 0.2) is 0 Å². The summed E-state index contributed by atoms with van der Waals surface area (Å²) in [7, 11) is 0. The Bertz CT molecular complexity index is 391. The number of amides is 2. The summed E-state index contributed by atoms with van der Waals surface area (Å²) < 4.78 is 5.09. The van der Waals surface area contributed by atoms with E-state index in [9.17, 15) is 14.4 Å². The Morgan fingerprint density at radius 2 is 1.42 bits per heavy atom. The predicted octanol–water partition coefficient (Wildman–Crippen LogP) is 2.83. The molecule has 0 saturated carbocycles. The van der Waals surface area contributed by atoms with E-state index in [1.54, 1.807) is 20.8 Å². The number of hydrogen-bond acceptors (Lipinski definition) is 4. The molecule has 0 atom stereocenters. The first-order valence-corrected chi connectivity index (χ1v) is 8.66. The number of alkyl carbamates (subject to hydrolysis) is 1. The van der Waals surface area contributed by atoms with Crippen LogP contribution in [0.25, 0.3) is 0 Å². The molecule has 0 aliphatic heterocycles. The molecular formula is C17H32N2O5. The van der Waals surface area contributed by atoms with Crippen molar-refractivity contribution in [2.24, 2.45) is 0 Å². The van der Waals surface area contributed by atoms with Crippen LogP contribution < -0.4 is 10.6 Å². The van der Waals surface area contributed by atoms with Crippen molar-refractivity contribution in [1.82, 2.24) is 10.6 Å². The number of carboxylic acid groups (broad SMARTS) is 1. The van der Waals surface area contributed by atoms with Crippen LogP contribution in [0, 0.1) is 0 Å². The highest BCUT2D eigenvalue weighted by Crippen LogP contribution is 2.06. The average Bonchev–Trinajstić information content (AvgIpc) is 2.44. The topological polar surface area (TPSA) is 105 Å². The zero-order chi connectivity index (χ0) is 18.4. The summed E-state index contributed by atoms with van der Waals surface area (Å²) in [6.07, 6.45) is 5.20. The van der Waals surface area contributed by atoms with Gasteiger partial charge >= 0.3 is 12.1 Å². The molecule has 7 nitrogen and oxygen atoms in total. The lowest BCUT2D eigenvalue weighted by molar-refractivity contribution is -0.137. The first-order chi connectivity index (χ1) is 11.2. The number of nitrogens with one attached hydrogen (secondary N) is 2. The SMILES string of the molecule is CC(C)(C)OC(=O)NCCCC(=O)NCCCCCCCC(=O)O. The second-order valence-electron chi connectivity index (χ2n) is 6.79. The molecule has 0 saturated heterocycles. The van der Waals surface area contributed by atoms with Crippen LogP contribution in [0.2, 0.25) is 0 Å². The molecule has 24 heavy (non-hydrogen) atoms. The van der Waals surface area contributed by atoms with Gasteiger partial charge in [0.15, 0.2) is 0 Å². The van der Waals surface area contributed by atoms with E-state index in [2.05, 4.69) is 10.6 Å². The van der Waals surface area contributed by atoms with Crippen LogP contribution in [0.5, 0.6) is 0 Å². The zero-order valence-electron chi connectivity index (χ0n) is 15.2. The number of aliphatic carboxylic acids is 1. The quantitative estimate of drug-likeness (QED) is 0.472. The van der Waals surface area contributed by atoms with Crippen molar-refractivity contribution < 1.29 is 24.2 Å². The van der Waals surface area contributed by atoms with E-state index in [0.717, 1.165) is 25.7 Å². The molecule has 2 amide bonds. The molecule has 0 heterocycles. The smallest absolute Gasteiger partial charge is 0.407 e. The minimum atomic E-state index is -0.747. The first-order valence-electron chi connectivity index (χ1n) is 8.66. The summed E-state index contributed by atoms with van der Waals surface area (Å²) >= 11 is 0. The summed E-state index contributed by atoms with van der Waals surface area (Å²) in [6, 6.07) is 0. The molecule has 0 radical (unpaired) electrons. The van der Waals surface area contributed by atoms with Gasteiger partial charge in [-0.15, -0.1) is 0 Å². The number of rotatable bonds is 12. The molecule has 3 N–H and O–H groups in total. The van der Waals surface area contributed by atoms with Crippen LogP contribution in [0.4, 0.5) is 4.79 Å². The van der Waals surface area contributed by atoms with Crippen LogP contribution in [-0.4, -0.2) is 41.8 Å². The van der Waals surface area contributed by atoms with Gasteiger partial charge in [0.25, 0.3) is 0 Å². The monoisotopic (exact) mass is 344 g/mol. The van der Waals surface area contributed by atoms with E-state index < -0.39 is 17.7 Å². The minimum absolute atomic E-state index is 0.0214. The van der Waals surface area contributed by atoms with Gasteiger partial charge in [-0.3, -0.25) is 9.59 Å². The van der Waals surface area contributed by atoms with E-state index in [0.29, 0.717) is 32.4 Å². The average molecular weight is 344 g/mol. The highest BCUT2D eigenvalue weighted by Gasteiger charge is 2.15. The molecule has 0 rings (SSSR count). The second-order valence-corrected chi connectivity index (χ2v) is 6.79. The lowest BCUT2D eigenvalue weighted by atomic mass is 10.1. The molecule has 7 heteroatoms. The summed E-state index contributed by atoms with van der Waals surface area (Å²) in [5.74, 6) is -0.768. The highest BCUT2D eigenvalue weighted by atomic mass is 16.6. The Morgan fingerprint density at radius 1 is 0.833 bits per heavy atom. The Labute approximate surface area is 144 Å². The molecule has 0 bridgehead atoms. The second kappa shape index (κ2) is 12.6. The normalized spacial score (nSPS) is 11.0. The van der Waals surface area contributed by atoms with E-state index in [1.165, 1.54) is 0 Å². The fourth-order valence-corrected chi connectivity index (χ4v) is 2.00. The number of carbonyl (C=O) groups is 3. The van der Waals surface area contributed by atoms with Crippen molar-refractivity contribution in [2.75, 3.05) is 13.1 Å². The van der Waals surface area contributed by atoms with Crippen molar-refractivity contribution in [1.29, 1.82) is 0 Å². The van der Waals surface area contributed by atoms with Crippen LogP contribution in [0.3, 0.4) is 0 Å². The number of hydrogen-bond donors (Lipinski definition) is 3. The maximum atomic E-state index is 11.6. The lowest BCUT2D eigenvalue weighted by Crippen LogP contribution is -2.33. The highest BCUT2D eigenvalue weighted by molar-refractivity contribution is 5.75. The minimum Gasteiger partial charge on any atom is -0.481 e. The van der Waals surface area contributed by atoms with Crippen molar-refractivity contribution in [3.63, 3.8) is 0 Å². The molecular weight excluding hydrogens is 312 g/mol. The van der Waals surface area contributed by atoms with E-state index in [-0.39, 0.29) is 12.3 Å². The fraction of sp³-hybridized carbons (Fsp3) is 0.824. The maximum absolute atomic E-state index is 11.6. The molecule has 0 aromatic carbocycles. The number of carboxylic acids is 1. The predicted molar refractivity (Wildman–Crippen MR) is 91.8 cm³/mol. The summed E-state index contributed by atoms with van der Waals surface area (Å²) in [6.45, 7) is 6.44. The molecule has 140 valence electrons. The van der Waals surface area contributed by atoms with Crippen LogP contribution in [0.1, 0.15) is 72.1 Å². The Morgan fingerprint density at radius 3 is 2.04 bits per heavy atom. The zero-order valence-corrected chi connectivity index (χ0v) is 15.2. The van der Waals surface area contributed by atoms with Gasteiger partial charge in [0.2, 0.25) is 5.91 Å². The van der Waals surface area contributed by atoms with Crippen molar-refractivity contribution in [3.05, 3.63) is 0 Å². The Balaban J connectivity index is 3.41. The summed E-state index contributed by atoms with van der Waals surface area (Å²) in [5, 5.41) is 14.0. The number of unbranched alkanes of at least 4 members (excludes halogenated alkanes) is 4. The molecule has 0 aliphatic rings. The summed E-state index contributed by atoms with van der Waals surface area (Å²) in [4.78, 5) is 33.3. The van der Waals surface area contributed by atoms with Gasteiger partial charge in [-0.25, -0.2) is 4.79 Å². The van der Waals surface area contributed by atoms with E-state index in [1.807, 2.05) is 0 Å². The van der Waals surface area contributed by atoms with Gasteiger partial charge in [0.1, 0.15) is 5.60 Å². The third-order valence-corrected chi connectivity index (χ3v) is 3.14. The number of carbonyl (C=O) groups excluding carboxylic acids is 2. The van der Waals surface area contributed by atoms with Crippen LogP contribution in [-0.2, 0) is 14.3 Å². The molecule has 0 fully saturated rings. The van der Waals surface area contributed by atoms with E-state index in [4.69, 9.17) is 9.84 Å². The lowest BCUT2D eigenvalue weighted by Gasteiger charge is -2.19. The molecule has 0 aromatic heterocycles. The van der Waals surface area contributed by atoms with Crippen LogP contribution >= 0.6 is 0 Å². The third-order valence-electron chi connectivity index (χ3n) is 3.14. The van der Waals surface area contributed by atoms with Crippen molar-refractivity contribution in [2.45, 2.75) is 77.7 Å². The fourth-order valence-electron chi connectivity index (χ4n) is 2.00. The van der Waals surface area contributed by atoms with Gasteiger partial charge in [-0.05, 0) is 40.0 Å². The largest absolute Gasteiger partial charge is 0.481 e. The standard InChI is InChI=1S/C17H32N2O5/c1-17(2,3)24-16(23)19-13-9-10-14(20)18-12-8-6-4-5-7-11-15(21)22/h4-13H2,1-3H3,(H,18,20)(H,19,23)(H,21,22). The molecule has 0 aromatic rings. The third kappa shape index (κ3) is 16.6. The van der Waals surface area contributed by atoms with Gasteiger partial charge in [0.05, 0.1) is 0 Å². The molecule has 0 spiro atoms. The van der Waals surface area contributed by atoms with E-state index >= 15 is 0 Å². The van der Waals surface area contributed by atoms with Crippen molar-refractivity contribution in [3.8, 4) is 0 Å². The molecule has 0 aliphatic carbocycles. The van der Waals surface area contributed by atoms with Gasteiger partial charge < -0.3 is 20.5 Å². The molecule has 0 unspecified atom stereocenters. The Kier molecular flexibility index (Phi) is 11.7. The number of ether oxygens (including phenoxy) is 1. The van der Waals surface area contributed by atoms with Gasteiger partial charge in [0, 0.05) is 25.9 Å². The van der Waals surface area contributed by atoms with Gasteiger partial charge in [-0.2, -0.15) is 0 Å². The Hall–Kier alpha value is -1.79.